The van der Waals surface area contributed by atoms with Crippen molar-refractivity contribution in [2.75, 3.05) is 0 Å². The van der Waals surface area contributed by atoms with Crippen LogP contribution in [0.25, 0.3) is 0 Å². The van der Waals surface area contributed by atoms with Gasteiger partial charge in [0.2, 0.25) is 0 Å². The Kier molecular flexibility index (Phi) is 10.4. The monoisotopic (exact) mass is 130 g/mol. The summed E-state index contributed by atoms with van der Waals surface area (Å²) < 4.78 is 0. The van der Waals surface area contributed by atoms with Gasteiger partial charge in [-0.15, -0.1) is 0 Å². The summed E-state index contributed by atoms with van der Waals surface area (Å²) in [6.45, 7) is 12.6. The molecule has 1 unspecified atom stereocenters. The van der Waals surface area contributed by atoms with Crippen LogP contribution in [0.3, 0.4) is 0 Å². The van der Waals surface area contributed by atoms with E-state index < -0.39 is 0 Å². The van der Waals surface area contributed by atoms with E-state index in [4.69, 9.17) is 0 Å². The van der Waals surface area contributed by atoms with Crippen LogP contribution in [0.2, 0.25) is 0 Å². The Morgan fingerprint density at radius 3 is 0.889 bits per heavy atom. The van der Waals surface area contributed by atoms with Crippen LogP contribution in [0.5, 0.6) is 0 Å². The molecule has 1 saturated carbocycles. The molecular weight excluding hydrogens is 108 g/mol. The van der Waals surface area contributed by atoms with Crippen molar-refractivity contribution in [1.29, 1.82) is 0 Å². The lowest BCUT2D eigenvalue weighted by molar-refractivity contribution is 0.834. The molecule has 0 aromatic carbocycles. The third-order valence-corrected chi connectivity index (χ3v) is 1.51. The van der Waals surface area contributed by atoms with E-state index in [1.165, 1.54) is 6.42 Å². The van der Waals surface area contributed by atoms with E-state index >= 15 is 0 Å². The Morgan fingerprint density at radius 1 is 0.778 bits per heavy atom. The lowest BCUT2D eigenvalue weighted by atomic mass is 10.4. The second-order valence-electron chi connectivity index (χ2n) is 2.19. The average molecular weight is 130 g/mol. The predicted molar refractivity (Wildman–Crippen MR) is 45.6 cm³/mol. The van der Waals surface area contributed by atoms with Crippen molar-refractivity contribution in [3.8, 4) is 0 Å². The van der Waals surface area contributed by atoms with Crippen LogP contribution in [0.4, 0.5) is 0 Å². The molecule has 1 aliphatic carbocycles. The van der Waals surface area contributed by atoms with E-state index in [-0.39, 0.29) is 0 Å². The topological polar surface area (TPSA) is 0 Å². The number of rotatable bonds is 0. The first kappa shape index (κ1) is 11.8. The van der Waals surface area contributed by atoms with Crippen LogP contribution in [0.1, 0.15) is 48.0 Å². The molecule has 0 radical (unpaired) electrons. The molecule has 0 heteroatoms. The summed E-state index contributed by atoms with van der Waals surface area (Å²) in [6, 6.07) is 0. The third kappa shape index (κ3) is 8.00. The summed E-state index contributed by atoms with van der Waals surface area (Å²) in [7, 11) is 0. The van der Waals surface area contributed by atoms with Gasteiger partial charge in [-0.05, 0) is 18.3 Å². The average Bonchev–Trinajstić information content (AvgIpc) is 2.56. The highest BCUT2D eigenvalue weighted by atomic mass is 14.3. The minimum Gasteiger partial charge on any atom is -0.0683 e. The zero-order valence-corrected chi connectivity index (χ0v) is 7.86. The van der Waals surface area contributed by atoms with E-state index in [0.29, 0.717) is 0 Å². The molecule has 0 amide bonds. The molecular formula is C9H22. The summed E-state index contributed by atoms with van der Waals surface area (Å²) in [4.78, 5) is 0. The van der Waals surface area contributed by atoms with Crippen molar-refractivity contribution >= 4 is 0 Å². The van der Waals surface area contributed by atoms with Gasteiger partial charge in [0.05, 0.1) is 0 Å². The minimum absolute atomic E-state index is 1.05. The fourth-order valence-corrected chi connectivity index (χ4v) is 0.508. The van der Waals surface area contributed by atoms with Gasteiger partial charge in [0, 0.05) is 0 Å². The molecule has 0 aromatic rings. The maximum absolute atomic E-state index is 2.30. The lowest BCUT2D eigenvalue weighted by Gasteiger charge is -1.66. The highest BCUT2D eigenvalue weighted by Gasteiger charge is 2.26. The molecule has 0 heterocycles. The zero-order valence-electron chi connectivity index (χ0n) is 7.86. The summed E-state index contributed by atoms with van der Waals surface area (Å²) in [5.74, 6) is 2.10. The zero-order chi connectivity index (χ0) is 7.86. The lowest BCUT2D eigenvalue weighted by Crippen LogP contribution is -1.58. The molecule has 0 nitrogen and oxygen atoms in total. The molecule has 0 aliphatic heterocycles. The van der Waals surface area contributed by atoms with Gasteiger partial charge in [-0.3, -0.25) is 0 Å². The van der Waals surface area contributed by atoms with Crippen LogP contribution in [0, 0.1) is 11.8 Å². The van der Waals surface area contributed by atoms with Gasteiger partial charge < -0.3 is 0 Å². The van der Waals surface area contributed by atoms with E-state index in [9.17, 15) is 0 Å². The van der Waals surface area contributed by atoms with Crippen LogP contribution < -0.4 is 0 Å². The van der Waals surface area contributed by atoms with Gasteiger partial charge in [-0.2, -0.15) is 0 Å². The van der Waals surface area contributed by atoms with E-state index in [1.807, 2.05) is 27.7 Å². The van der Waals surface area contributed by atoms with Crippen molar-refractivity contribution < 1.29 is 0 Å². The summed E-state index contributed by atoms with van der Waals surface area (Å²) in [6.07, 6.45) is 1.47. The van der Waals surface area contributed by atoms with Gasteiger partial charge in [-0.1, -0.05) is 41.5 Å². The second-order valence-corrected chi connectivity index (χ2v) is 2.19. The first-order valence-electron chi connectivity index (χ1n) is 4.30. The van der Waals surface area contributed by atoms with Gasteiger partial charge in [-0.25, -0.2) is 0 Å². The Hall–Kier alpha value is 0. The van der Waals surface area contributed by atoms with Gasteiger partial charge in [0.1, 0.15) is 0 Å². The molecule has 2 atom stereocenters. The fraction of sp³-hybridized carbons (Fsp3) is 1.00. The molecule has 0 bridgehead atoms. The Morgan fingerprint density at radius 2 is 0.889 bits per heavy atom. The summed E-state index contributed by atoms with van der Waals surface area (Å²) in [5.41, 5.74) is 0. The van der Waals surface area contributed by atoms with Crippen LogP contribution >= 0.6 is 0 Å². The molecule has 9 heavy (non-hydrogen) atoms. The smallest absolute Gasteiger partial charge is 0.0414 e. The molecule has 58 valence electrons. The third-order valence-electron chi connectivity index (χ3n) is 1.51. The molecule has 1 aliphatic rings. The molecule has 0 N–H and O–H groups in total. The molecule has 0 spiro atoms. The van der Waals surface area contributed by atoms with Gasteiger partial charge in [0.25, 0.3) is 0 Å². The van der Waals surface area contributed by atoms with E-state index in [0.717, 1.165) is 11.8 Å². The maximum atomic E-state index is 2.30. The first-order valence-corrected chi connectivity index (χ1v) is 4.30. The van der Waals surface area contributed by atoms with Crippen molar-refractivity contribution in [2.24, 2.45) is 11.8 Å². The largest absolute Gasteiger partial charge is 0.0683 e. The number of hydrogen-bond acceptors (Lipinski definition) is 0. The normalized spacial score (nSPS) is 28.7. The van der Waals surface area contributed by atoms with Crippen LogP contribution in [-0.2, 0) is 0 Å². The van der Waals surface area contributed by atoms with Gasteiger partial charge >= 0.3 is 0 Å². The Labute approximate surface area is 60.7 Å². The van der Waals surface area contributed by atoms with Gasteiger partial charge in [0.15, 0.2) is 0 Å². The second kappa shape index (κ2) is 8.00. The number of hydrogen-bond donors (Lipinski definition) is 0. The molecule has 1 fully saturated rings. The summed E-state index contributed by atoms with van der Waals surface area (Å²) in [5, 5.41) is 0. The van der Waals surface area contributed by atoms with E-state index in [2.05, 4.69) is 13.8 Å². The molecule has 1 rings (SSSR count). The first-order chi connectivity index (χ1) is 4.30. The standard InChI is InChI=1S/C5H10.2C2H6/c1-4-3-5(4)2;2*1-2/h4-5H,3H2,1-2H3;2*1-2H3/t4-,5?;;/m0../s1. The Bertz CT molecular complexity index is 33.3. The predicted octanol–water partition coefficient (Wildman–Crippen LogP) is 3.71. The fourth-order valence-electron chi connectivity index (χ4n) is 0.508. The quantitative estimate of drug-likeness (QED) is 0.469. The molecule has 0 saturated heterocycles. The van der Waals surface area contributed by atoms with Crippen molar-refractivity contribution in [3.05, 3.63) is 0 Å². The van der Waals surface area contributed by atoms with Crippen molar-refractivity contribution in [1.82, 2.24) is 0 Å². The Balaban J connectivity index is 0. The minimum atomic E-state index is 1.05. The van der Waals surface area contributed by atoms with Crippen LogP contribution in [-0.4, -0.2) is 0 Å². The summed E-state index contributed by atoms with van der Waals surface area (Å²) >= 11 is 0. The van der Waals surface area contributed by atoms with Crippen molar-refractivity contribution in [2.45, 2.75) is 48.0 Å². The van der Waals surface area contributed by atoms with E-state index in [1.54, 1.807) is 0 Å². The highest BCUT2D eigenvalue weighted by molar-refractivity contribution is 4.76. The van der Waals surface area contributed by atoms with Crippen LogP contribution in [0.15, 0.2) is 0 Å². The SMILES string of the molecule is CC.CC.CC1C[C@@H]1C. The maximum Gasteiger partial charge on any atom is -0.0414 e. The van der Waals surface area contributed by atoms with Crippen molar-refractivity contribution in [3.63, 3.8) is 0 Å². The molecule has 0 aromatic heterocycles. The highest BCUT2D eigenvalue weighted by Crippen LogP contribution is 2.36.